The Balaban J connectivity index is 2.14. The summed E-state index contributed by atoms with van der Waals surface area (Å²) in [5.41, 5.74) is 0. The fraction of sp³-hybridized carbons (Fsp3) is 1.00. The van der Waals surface area contributed by atoms with Crippen LogP contribution in [0.4, 0.5) is 0 Å². The van der Waals surface area contributed by atoms with Gasteiger partial charge in [-0.15, -0.1) is 0 Å². The van der Waals surface area contributed by atoms with Crippen LogP contribution in [0.2, 0.25) is 0 Å². The summed E-state index contributed by atoms with van der Waals surface area (Å²) in [5.74, 6) is 0.999. The van der Waals surface area contributed by atoms with Gasteiger partial charge < -0.3 is 15.2 Å². The van der Waals surface area contributed by atoms with Crippen molar-refractivity contribution in [1.29, 1.82) is 0 Å². The summed E-state index contributed by atoms with van der Waals surface area (Å²) in [6.07, 6.45) is 2.31. The van der Waals surface area contributed by atoms with E-state index < -0.39 is 0 Å². The molecule has 0 saturated carbocycles. The van der Waals surface area contributed by atoms with Gasteiger partial charge in [-0.3, -0.25) is 0 Å². The molecule has 1 fully saturated rings. The predicted molar refractivity (Wildman–Crippen MR) is 65.4 cm³/mol. The molecule has 1 heterocycles. The molecule has 4 heteroatoms. The summed E-state index contributed by atoms with van der Waals surface area (Å²) >= 11 is 1.97. The molecule has 1 aliphatic heterocycles. The van der Waals surface area contributed by atoms with Crippen molar-refractivity contribution in [1.82, 2.24) is 5.32 Å². The largest absolute Gasteiger partial charge is 0.395 e. The Morgan fingerprint density at radius 2 is 2.07 bits per heavy atom. The normalized spacial score (nSPS) is 20.8. The third kappa shape index (κ3) is 5.76. The molecule has 2 N–H and O–H groups in total. The van der Waals surface area contributed by atoms with Crippen molar-refractivity contribution < 1.29 is 9.84 Å². The van der Waals surface area contributed by atoms with E-state index in [2.05, 4.69) is 19.2 Å². The van der Waals surface area contributed by atoms with Crippen LogP contribution in [0.3, 0.4) is 0 Å². The van der Waals surface area contributed by atoms with Crippen LogP contribution in [0.1, 0.15) is 26.7 Å². The highest BCUT2D eigenvalue weighted by Gasteiger charge is 2.16. The fourth-order valence-corrected chi connectivity index (χ4v) is 2.95. The van der Waals surface area contributed by atoms with Crippen molar-refractivity contribution in [2.45, 2.75) is 44.0 Å². The summed E-state index contributed by atoms with van der Waals surface area (Å²) in [7, 11) is 0. The maximum atomic E-state index is 9.20. The minimum Gasteiger partial charge on any atom is -0.395 e. The minimum absolute atomic E-state index is 0.231. The van der Waals surface area contributed by atoms with Gasteiger partial charge >= 0.3 is 0 Å². The van der Waals surface area contributed by atoms with Crippen molar-refractivity contribution in [2.75, 3.05) is 25.6 Å². The van der Waals surface area contributed by atoms with E-state index in [0.717, 1.165) is 37.1 Å². The van der Waals surface area contributed by atoms with Gasteiger partial charge in [0.05, 0.1) is 6.61 Å². The SMILES string of the molecule is CC(C)NC(CO)CSC1CCOCC1. The lowest BCUT2D eigenvalue weighted by atomic mass is 10.2. The van der Waals surface area contributed by atoms with Crippen LogP contribution < -0.4 is 5.32 Å². The zero-order valence-electron chi connectivity index (χ0n) is 9.74. The molecule has 0 amide bonds. The van der Waals surface area contributed by atoms with Gasteiger partial charge in [0.1, 0.15) is 0 Å². The molecule has 0 aromatic rings. The van der Waals surface area contributed by atoms with E-state index in [1.807, 2.05) is 11.8 Å². The average molecular weight is 233 g/mol. The highest BCUT2D eigenvalue weighted by molar-refractivity contribution is 7.99. The zero-order chi connectivity index (χ0) is 11.1. The second-order valence-electron chi connectivity index (χ2n) is 4.35. The highest BCUT2D eigenvalue weighted by atomic mass is 32.2. The molecular formula is C11H23NO2S. The van der Waals surface area contributed by atoms with E-state index in [1.165, 1.54) is 0 Å². The van der Waals surface area contributed by atoms with Gasteiger partial charge in [-0.1, -0.05) is 13.8 Å². The lowest BCUT2D eigenvalue weighted by Crippen LogP contribution is -2.39. The zero-order valence-corrected chi connectivity index (χ0v) is 10.6. The van der Waals surface area contributed by atoms with Crippen LogP contribution in [-0.2, 0) is 4.74 Å². The summed E-state index contributed by atoms with van der Waals surface area (Å²) in [5, 5.41) is 13.3. The first-order valence-electron chi connectivity index (χ1n) is 5.78. The lowest BCUT2D eigenvalue weighted by molar-refractivity contribution is 0.0999. The first-order valence-corrected chi connectivity index (χ1v) is 6.83. The van der Waals surface area contributed by atoms with Gasteiger partial charge in [-0.25, -0.2) is 0 Å². The Morgan fingerprint density at radius 3 is 2.60 bits per heavy atom. The fourth-order valence-electron chi connectivity index (χ4n) is 1.72. The van der Waals surface area contributed by atoms with Crippen LogP contribution >= 0.6 is 11.8 Å². The number of hydrogen-bond acceptors (Lipinski definition) is 4. The van der Waals surface area contributed by atoms with Crippen LogP contribution in [-0.4, -0.2) is 48.0 Å². The Hall–Kier alpha value is 0.230. The second kappa shape index (κ2) is 7.49. The van der Waals surface area contributed by atoms with E-state index in [4.69, 9.17) is 4.74 Å². The number of aliphatic hydroxyl groups excluding tert-OH is 1. The van der Waals surface area contributed by atoms with Crippen LogP contribution in [0.15, 0.2) is 0 Å². The van der Waals surface area contributed by atoms with E-state index in [9.17, 15) is 5.11 Å². The quantitative estimate of drug-likeness (QED) is 0.725. The molecule has 1 saturated heterocycles. The monoisotopic (exact) mass is 233 g/mol. The van der Waals surface area contributed by atoms with E-state index in [-0.39, 0.29) is 12.6 Å². The molecule has 0 bridgehead atoms. The van der Waals surface area contributed by atoms with Gasteiger partial charge in [-0.05, 0) is 12.8 Å². The molecule has 0 radical (unpaired) electrons. The van der Waals surface area contributed by atoms with Crippen molar-refractivity contribution in [3.05, 3.63) is 0 Å². The Morgan fingerprint density at radius 1 is 1.40 bits per heavy atom. The number of hydrogen-bond donors (Lipinski definition) is 2. The number of aliphatic hydroxyl groups is 1. The third-order valence-corrected chi connectivity index (χ3v) is 4.03. The first-order chi connectivity index (χ1) is 7.22. The molecule has 90 valence electrons. The molecule has 3 nitrogen and oxygen atoms in total. The topological polar surface area (TPSA) is 41.5 Å². The Bertz CT molecular complexity index is 161. The number of rotatable bonds is 6. The summed E-state index contributed by atoms with van der Waals surface area (Å²) in [6, 6.07) is 0.676. The second-order valence-corrected chi connectivity index (χ2v) is 5.68. The molecule has 1 aliphatic rings. The van der Waals surface area contributed by atoms with E-state index in [0.29, 0.717) is 6.04 Å². The third-order valence-electron chi connectivity index (χ3n) is 2.49. The Kier molecular flexibility index (Phi) is 6.64. The van der Waals surface area contributed by atoms with Crippen molar-refractivity contribution in [2.24, 2.45) is 0 Å². The van der Waals surface area contributed by atoms with E-state index in [1.54, 1.807) is 0 Å². The molecule has 0 aromatic heterocycles. The van der Waals surface area contributed by atoms with Gasteiger partial charge in [-0.2, -0.15) is 11.8 Å². The molecule has 0 spiro atoms. The van der Waals surface area contributed by atoms with Gasteiger partial charge in [0.25, 0.3) is 0 Å². The highest BCUT2D eigenvalue weighted by Crippen LogP contribution is 2.22. The number of ether oxygens (including phenoxy) is 1. The lowest BCUT2D eigenvalue weighted by Gasteiger charge is -2.24. The summed E-state index contributed by atoms with van der Waals surface area (Å²) in [6.45, 7) is 6.26. The first kappa shape index (κ1) is 13.3. The standard InChI is InChI=1S/C11H23NO2S/c1-9(2)12-10(7-13)8-15-11-3-5-14-6-4-11/h9-13H,3-8H2,1-2H3. The minimum atomic E-state index is 0.231. The van der Waals surface area contributed by atoms with Gasteiger partial charge in [0.2, 0.25) is 0 Å². The molecule has 15 heavy (non-hydrogen) atoms. The molecule has 1 unspecified atom stereocenters. The van der Waals surface area contributed by atoms with Crippen LogP contribution in [0.5, 0.6) is 0 Å². The molecule has 0 aromatic carbocycles. The summed E-state index contributed by atoms with van der Waals surface area (Å²) < 4.78 is 5.32. The summed E-state index contributed by atoms with van der Waals surface area (Å²) in [4.78, 5) is 0. The van der Waals surface area contributed by atoms with Crippen LogP contribution in [0.25, 0.3) is 0 Å². The van der Waals surface area contributed by atoms with Crippen molar-refractivity contribution in [3.63, 3.8) is 0 Å². The van der Waals surface area contributed by atoms with Gasteiger partial charge in [0, 0.05) is 36.3 Å². The molecule has 1 rings (SSSR count). The number of thioether (sulfide) groups is 1. The number of nitrogens with one attached hydrogen (secondary N) is 1. The molecule has 1 atom stereocenters. The van der Waals surface area contributed by atoms with E-state index >= 15 is 0 Å². The van der Waals surface area contributed by atoms with Crippen molar-refractivity contribution >= 4 is 11.8 Å². The van der Waals surface area contributed by atoms with Gasteiger partial charge in [0.15, 0.2) is 0 Å². The predicted octanol–water partition coefficient (Wildman–Crippen LogP) is 1.26. The smallest absolute Gasteiger partial charge is 0.0592 e. The van der Waals surface area contributed by atoms with Crippen LogP contribution in [0, 0.1) is 0 Å². The maximum Gasteiger partial charge on any atom is 0.0592 e. The van der Waals surface area contributed by atoms with Crippen molar-refractivity contribution in [3.8, 4) is 0 Å². The molecular weight excluding hydrogens is 210 g/mol. The Labute approximate surface area is 97.0 Å². The maximum absolute atomic E-state index is 9.20. The molecule has 0 aliphatic carbocycles. The average Bonchev–Trinajstić information content (AvgIpc) is 2.25.